The summed E-state index contributed by atoms with van der Waals surface area (Å²) in [6.07, 6.45) is -13.1. The molecule has 0 bridgehead atoms. The van der Waals surface area contributed by atoms with Crippen molar-refractivity contribution in [1.82, 2.24) is 0 Å². The van der Waals surface area contributed by atoms with Gasteiger partial charge in [-0.2, -0.15) is 26.3 Å². The van der Waals surface area contributed by atoms with Gasteiger partial charge in [0.2, 0.25) is 0 Å². The first-order valence-electron chi connectivity index (χ1n) is 6.56. The molecule has 0 aromatic heterocycles. The maximum Gasteiger partial charge on any atom is 0.453 e. The van der Waals surface area contributed by atoms with Gasteiger partial charge >= 0.3 is 18.1 Å². The molecule has 1 aliphatic rings. The summed E-state index contributed by atoms with van der Waals surface area (Å²) in [6.45, 7) is -0.905. The van der Waals surface area contributed by atoms with Gasteiger partial charge in [-0.3, -0.25) is 0 Å². The van der Waals surface area contributed by atoms with Gasteiger partial charge in [0.05, 0.1) is 12.7 Å². The van der Waals surface area contributed by atoms with E-state index in [0.29, 0.717) is 6.29 Å². The van der Waals surface area contributed by atoms with Crippen LogP contribution in [-0.2, 0) is 14.3 Å². The summed E-state index contributed by atoms with van der Waals surface area (Å²) in [5.41, 5.74) is 0.112. The average Bonchev–Trinajstić information content (AvgIpc) is 2.46. The van der Waals surface area contributed by atoms with Crippen molar-refractivity contribution in [3.8, 4) is 0 Å². The minimum Gasteiger partial charge on any atom is -0.335 e. The van der Waals surface area contributed by atoms with Crippen molar-refractivity contribution in [1.29, 1.82) is 0 Å². The minimum absolute atomic E-state index is 0.112. The van der Waals surface area contributed by atoms with Crippen LogP contribution in [0.3, 0.4) is 0 Å². The van der Waals surface area contributed by atoms with Gasteiger partial charge in [-0.15, -0.1) is 0 Å². The molecule has 1 fully saturated rings. The Kier molecular flexibility index (Phi) is 4.72. The molecule has 0 radical (unpaired) electrons. The van der Waals surface area contributed by atoms with Crippen LogP contribution in [0.4, 0.5) is 26.3 Å². The summed E-state index contributed by atoms with van der Waals surface area (Å²) >= 11 is 0. The zero-order valence-electron chi connectivity index (χ0n) is 11.5. The lowest BCUT2D eigenvalue weighted by atomic mass is 9.92. The van der Waals surface area contributed by atoms with Gasteiger partial charge in [-0.25, -0.2) is 0 Å². The highest BCUT2D eigenvalue weighted by Crippen LogP contribution is 2.53. The third-order valence-electron chi connectivity index (χ3n) is 3.50. The second-order valence-electron chi connectivity index (χ2n) is 5.03. The highest BCUT2D eigenvalue weighted by Gasteiger charge is 2.76. The summed E-state index contributed by atoms with van der Waals surface area (Å²) in [5.74, 6) is -5.66. The van der Waals surface area contributed by atoms with Crippen LogP contribution in [0.25, 0.3) is 0 Å². The van der Waals surface area contributed by atoms with Gasteiger partial charge in [0.25, 0.3) is 0 Å². The second kappa shape index (κ2) is 6.12. The maximum absolute atomic E-state index is 13.1. The monoisotopic (exact) mass is 342 g/mol. The quantitative estimate of drug-likeness (QED) is 0.619. The smallest absolute Gasteiger partial charge is 0.335 e. The van der Waals surface area contributed by atoms with Crippen LogP contribution < -0.4 is 0 Å². The maximum atomic E-state index is 13.1. The van der Waals surface area contributed by atoms with E-state index in [0.717, 1.165) is 0 Å². The van der Waals surface area contributed by atoms with Crippen molar-refractivity contribution in [2.75, 3.05) is 6.61 Å². The Bertz CT molecular complexity index is 526. The molecule has 1 aliphatic heterocycles. The van der Waals surface area contributed by atoms with Gasteiger partial charge in [0.15, 0.2) is 0 Å². The predicted molar refractivity (Wildman–Crippen MR) is 65.2 cm³/mol. The van der Waals surface area contributed by atoms with Crippen LogP contribution in [0.1, 0.15) is 18.1 Å². The third kappa shape index (κ3) is 3.20. The number of rotatable bonds is 3. The Morgan fingerprint density at radius 3 is 2.13 bits per heavy atom. The van der Waals surface area contributed by atoms with Crippen LogP contribution in [0, 0.1) is 5.92 Å². The van der Waals surface area contributed by atoms with E-state index in [-0.39, 0.29) is 12.0 Å². The molecule has 0 saturated carbocycles. The molecular formula is C14H12F6O3. The number of benzene rings is 1. The Morgan fingerprint density at radius 2 is 1.65 bits per heavy atom. The molecule has 1 heterocycles. The van der Waals surface area contributed by atoms with E-state index in [1.54, 1.807) is 6.07 Å². The Morgan fingerprint density at radius 1 is 1.09 bits per heavy atom. The van der Waals surface area contributed by atoms with Gasteiger partial charge in [0, 0.05) is 12.3 Å². The zero-order chi connectivity index (χ0) is 17.3. The van der Waals surface area contributed by atoms with E-state index < -0.39 is 36.8 Å². The fraction of sp³-hybridized carbons (Fsp3) is 0.500. The topological polar surface area (TPSA) is 35.5 Å². The van der Waals surface area contributed by atoms with Crippen molar-refractivity contribution in [3.63, 3.8) is 0 Å². The van der Waals surface area contributed by atoms with Crippen LogP contribution in [0.15, 0.2) is 30.3 Å². The van der Waals surface area contributed by atoms with Crippen LogP contribution in [0.2, 0.25) is 0 Å². The Hall–Kier alpha value is -1.61. The number of hydrogen-bond acceptors (Lipinski definition) is 3. The number of hydrogen-bond donors (Lipinski definition) is 0. The van der Waals surface area contributed by atoms with Crippen molar-refractivity contribution in [2.45, 2.75) is 30.7 Å². The Labute approximate surface area is 127 Å². The number of ether oxygens (including phenoxy) is 2. The largest absolute Gasteiger partial charge is 0.453 e. The van der Waals surface area contributed by atoms with Crippen LogP contribution >= 0.6 is 0 Å². The molecule has 1 saturated heterocycles. The number of carbonyl (C=O) groups is 1. The highest BCUT2D eigenvalue weighted by atomic mass is 19.4. The summed E-state index contributed by atoms with van der Waals surface area (Å²) in [6, 6.07) is 7.14. The fourth-order valence-electron chi connectivity index (χ4n) is 2.38. The molecule has 2 rings (SSSR count). The van der Waals surface area contributed by atoms with E-state index in [4.69, 9.17) is 0 Å². The fourth-order valence-corrected chi connectivity index (χ4v) is 2.38. The first kappa shape index (κ1) is 17.7. The standard InChI is InChI=1S/C14H12F6O3/c15-13(16,17)12(14(18,19)20)22-8-10(6-7-21)11(23-12)9-4-2-1-3-5-9/h1-5,7,10-11H,6,8H2/t10-,11-/m1/s1. The SMILES string of the molecule is O=CC[C@@H]1COC(C(F)(F)F)(C(F)(F)F)O[C@@H]1c1ccccc1. The first-order valence-corrected chi connectivity index (χ1v) is 6.56. The molecular weight excluding hydrogens is 330 g/mol. The van der Waals surface area contributed by atoms with Gasteiger partial charge < -0.3 is 14.3 Å². The molecule has 23 heavy (non-hydrogen) atoms. The van der Waals surface area contributed by atoms with Gasteiger partial charge in [-0.1, -0.05) is 30.3 Å². The first-order chi connectivity index (χ1) is 10.6. The predicted octanol–water partition coefficient (Wildman–Crippen LogP) is 3.80. The number of carbonyl (C=O) groups excluding carboxylic acids is 1. The number of aldehydes is 1. The molecule has 3 nitrogen and oxygen atoms in total. The van der Waals surface area contributed by atoms with Gasteiger partial charge in [-0.05, 0) is 5.56 Å². The van der Waals surface area contributed by atoms with Crippen molar-refractivity contribution in [2.24, 2.45) is 5.92 Å². The van der Waals surface area contributed by atoms with Gasteiger partial charge in [0.1, 0.15) is 6.29 Å². The summed E-state index contributed by atoms with van der Waals surface area (Å²) in [4.78, 5) is 10.6. The summed E-state index contributed by atoms with van der Waals surface area (Å²) in [7, 11) is 0. The van der Waals surface area contributed by atoms with Crippen molar-refractivity contribution >= 4 is 6.29 Å². The molecule has 0 N–H and O–H groups in total. The molecule has 0 aliphatic carbocycles. The highest BCUT2D eigenvalue weighted by molar-refractivity contribution is 5.50. The molecule has 0 unspecified atom stereocenters. The van der Waals surface area contributed by atoms with E-state index in [1.807, 2.05) is 0 Å². The normalized spacial score (nSPS) is 25.1. The summed E-state index contributed by atoms with van der Waals surface area (Å²) in [5, 5.41) is 0. The van der Waals surface area contributed by atoms with E-state index in [2.05, 4.69) is 9.47 Å². The van der Waals surface area contributed by atoms with Crippen LogP contribution in [0.5, 0.6) is 0 Å². The van der Waals surface area contributed by atoms with E-state index in [9.17, 15) is 31.1 Å². The second-order valence-corrected chi connectivity index (χ2v) is 5.03. The minimum atomic E-state index is -5.82. The molecule has 0 spiro atoms. The zero-order valence-corrected chi connectivity index (χ0v) is 11.5. The lowest BCUT2D eigenvalue weighted by Gasteiger charge is -2.45. The number of alkyl halides is 6. The Balaban J connectivity index is 2.46. The average molecular weight is 342 g/mol. The van der Waals surface area contributed by atoms with Crippen molar-refractivity contribution < 1.29 is 40.6 Å². The molecule has 1 aromatic rings. The molecule has 128 valence electrons. The summed E-state index contributed by atoms with van der Waals surface area (Å²) < 4.78 is 86.8. The molecule has 9 heteroatoms. The molecule has 2 atom stereocenters. The third-order valence-corrected chi connectivity index (χ3v) is 3.50. The molecule has 1 aromatic carbocycles. The number of halogens is 6. The molecule has 0 amide bonds. The lowest BCUT2D eigenvalue weighted by Crippen LogP contribution is -2.64. The van der Waals surface area contributed by atoms with E-state index >= 15 is 0 Å². The van der Waals surface area contributed by atoms with Crippen molar-refractivity contribution in [3.05, 3.63) is 35.9 Å². The lowest BCUT2D eigenvalue weighted by molar-refractivity contribution is -0.497. The van der Waals surface area contributed by atoms with Crippen LogP contribution in [-0.4, -0.2) is 31.0 Å². The van der Waals surface area contributed by atoms with E-state index in [1.165, 1.54) is 24.3 Å².